The van der Waals surface area contributed by atoms with Gasteiger partial charge in [0.2, 0.25) is 0 Å². The molecular weight excluding hydrogens is 488 g/mol. The van der Waals surface area contributed by atoms with Gasteiger partial charge in [-0.1, -0.05) is 91.4 Å². The van der Waals surface area contributed by atoms with Crippen LogP contribution in [0.4, 0.5) is 0 Å². The molecule has 0 aromatic heterocycles. The SMILES string of the molecule is CCCCCCC(CCCCCCCCOC(=O)CCC(C)CCCCC)OC(=O)CCCN1C=NCCC1. The molecule has 0 radical (unpaired) electrons. The lowest BCUT2D eigenvalue weighted by molar-refractivity contribution is -0.150. The minimum absolute atomic E-state index is 0.0304. The third kappa shape index (κ3) is 21.9. The van der Waals surface area contributed by atoms with Crippen LogP contribution in [0.25, 0.3) is 0 Å². The van der Waals surface area contributed by atoms with Crippen molar-refractivity contribution >= 4 is 18.3 Å². The fraction of sp³-hybridized carbons (Fsp3) is 0.909. The largest absolute Gasteiger partial charge is 0.466 e. The molecule has 6 heteroatoms. The van der Waals surface area contributed by atoms with E-state index in [2.05, 4.69) is 30.7 Å². The Bertz CT molecular complexity index is 625. The van der Waals surface area contributed by atoms with Crippen molar-refractivity contribution < 1.29 is 19.1 Å². The first kappa shape index (κ1) is 35.4. The highest BCUT2D eigenvalue weighted by atomic mass is 16.5. The predicted molar refractivity (Wildman–Crippen MR) is 163 cm³/mol. The molecule has 1 aliphatic heterocycles. The number of ether oxygens (including phenoxy) is 2. The number of hydrogen-bond acceptors (Lipinski definition) is 6. The Kier molecular flexibility index (Phi) is 23.1. The average molecular weight is 551 g/mol. The number of aliphatic imine (C=N–C) groups is 1. The van der Waals surface area contributed by atoms with Crippen molar-refractivity contribution in [1.82, 2.24) is 4.90 Å². The van der Waals surface area contributed by atoms with Crippen LogP contribution in [-0.2, 0) is 19.1 Å². The summed E-state index contributed by atoms with van der Waals surface area (Å²) >= 11 is 0. The number of esters is 2. The Labute approximate surface area is 241 Å². The molecule has 0 fully saturated rings. The summed E-state index contributed by atoms with van der Waals surface area (Å²) in [6.07, 6.45) is 24.5. The smallest absolute Gasteiger partial charge is 0.306 e. The van der Waals surface area contributed by atoms with Crippen molar-refractivity contribution in [3.63, 3.8) is 0 Å². The van der Waals surface area contributed by atoms with Crippen LogP contribution in [0.3, 0.4) is 0 Å². The molecule has 0 N–H and O–H groups in total. The van der Waals surface area contributed by atoms with Gasteiger partial charge in [-0.25, -0.2) is 0 Å². The van der Waals surface area contributed by atoms with Gasteiger partial charge in [0.05, 0.1) is 12.9 Å². The number of nitrogens with zero attached hydrogens (tertiary/aromatic N) is 2. The Balaban J connectivity index is 2.09. The minimum atomic E-state index is -0.0371. The highest BCUT2D eigenvalue weighted by Gasteiger charge is 2.15. The van der Waals surface area contributed by atoms with Gasteiger partial charge >= 0.3 is 11.9 Å². The van der Waals surface area contributed by atoms with Gasteiger partial charge in [0.15, 0.2) is 0 Å². The lowest BCUT2D eigenvalue weighted by Gasteiger charge is -2.22. The summed E-state index contributed by atoms with van der Waals surface area (Å²) in [6.45, 7) is 10.1. The molecule has 0 aromatic carbocycles. The Morgan fingerprint density at radius 2 is 1.41 bits per heavy atom. The van der Waals surface area contributed by atoms with Crippen molar-refractivity contribution in [1.29, 1.82) is 0 Å². The minimum Gasteiger partial charge on any atom is -0.466 e. The van der Waals surface area contributed by atoms with Gasteiger partial charge in [-0.15, -0.1) is 0 Å². The van der Waals surface area contributed by atoms with Crippen LogP contribution in [0.5, 0.6) is 0 Å². The maximum absolute atomic E-state index is 12.5. The Morgan fingerprint density at radius 3 is 2.10 bits per heavy atom. The highest BCUT2D eigenvalue weighted by Crippen LogP contribution is 2.18. The second-order valence-corrected chi connectivity index (χ2v) is 11.7. The first-order valence-electron chi connectivity index (χ1n) is 16.6. The summed E-state index contributed by atoms with van der Waals surface area (Å²) in [5, 5.41) is 0. The van der Waals surface area contributed by atoms with E-state index in [1.165, 1.54) is 64.2 Å². The first-order chi connectivity index (χ1) is 19.0. The summed E-state index contributed by atoms with van der Waals surface area (Å²) in [5.74, 6) is 0.547. The number of carbonyl (C=O) groups is 2. The molecule has 0 amide bonds. The van der Waals surface area contributed by atoms with E-state index in [1.807, 2.05) is 6.34 Å². The van der Waals surface area contributed by atoms with Gasteiger partial charge in [0.1, 0.15) is 6.10 Å². The lowest BCUT2D eigenvalue weighted by Crippen LogP contribution is -2.28. The molecule has 39 heavy (non-hydrogen) atoms. The topological polar surface area (TPSA) is 68.2 Å². The first-order valence-corrected chi connectivity index (χ1v) is 16.6. The average Bonchev–Trinajstić information content (AvgIpc) is 2.93. The van der Waals surface area contributed by atoms with Crippen molar-refractivity contribution in [3.8, 4) is 0 Å². The molecule has 228 valence electrons. The second kappa shape index (κ2) is 25.4. The second-order valence-electron chi connectivity index (χ2n) is 11.7. The van der Waals surface area contributed by atoms with Crippen LogP contribution in [0, 0.1) is 5.92 Å². The van der Waals surface area contributed by atoms with Gasteiger partial charge in [-0.3, -0.25) is 14.6 Å². The van der Waals surface area contributed by atoms with Gasteiger partial charge in [0, 0.05) is 32.5 Å². The molecule has 1 heterocycles. The van der Waals surface area contributed by atoms with E-state index in [9.17, 15) is 9.59 Å². The number of hydrogen-bond donors (Lipinski definition) is 0. The van der Waals surface area contributed by atoms with Crippen LogP contribution in [0.15, 0.2) is 4.99 Å². The Hall–Kier alpha value is -1.59. The summed E-state index contributed by atoms with van der Waals surface area (Å²) in [4.78, 5) is 31.0. The fourth-order valence-corrected chi connectivity index (χ4v) is 5.19. The summed E-state index contributed by atoms with van der Waals surface area (Å²) in [5.41, 5.74) is 0. The van der Waals surface area contributed by atoms with Crippen molar-refractivity contribution in [2.24, 2.45) is 10.9 Å². The van der Waals surface area contributed by atoms with Gasteiger partial charge < -0.3 is 14.4 Å². The van der Waals surface area contributed by atoms with E-state index < -0.39 is 0 Å². The van der Waals surface area contributed by atoms with E-state index in [0.29, 0.717) is 25.4 Å². The summed E-state index contributed by atoms with van der Waals surface area (Å²) in [7, 11) is 0. The molecule has 1 aliphatic rings. The molecule has 0 saturated heterocycles. The summed E-state index contributed by atoms with van der Waals surface area (Å²) < 4.78 is 11.4. The van der Waals surface area contributed by atoms with Crippen LogP contribution in [0.1, 0.15) is 156 Å². The molecule has 0 bridgehead atoms. The van der Waals surface area contributed by atoms with Crippen molar-refractivity contribution in [2.45, 2.75) is 162 Å². The predicted octanol–water partition coefficient (Wildman–Crippen LogP) is 8.65. The van der Waals surface area contributed by atoms with Gasteiger partial charge in [-0.2, -0.15) is 0 Å². The van der Waals surface area contributed by atoms with E-state index in [4.69, 9.17) is 9.47 Å². The molecule has 0 aliphatic carbocycles. The zero-order valence-electron chi connectivity index (χ0n) is 25.9. The quantitative estimate of drug-likeness (QED) is 0.0796. The molecule has 0 spiro atoms. The van der Waals surface area contributed by atoms with Crippen LogP contribution in [-0.4, -0.2) is 55.5 Å². The van der Waals surface area contributed by atoms with Gasteiger partial charge in [-0.05, 0) is 57.3 Å². The molecule has 6 nitrogen and oxygen atoms in total. The van der Waals surface area contributed by atoms with Crippen molar-refractivity contribution in [3.05, 3.63) is 0 Å². The normalized spacial score (nSPS) is 14.8. The molecule has 0 aromatic rings. The molecule has 2 unspecified atom stereocenters. The van der Waals surface area contributed by atoms with E-state index >= 15 is 0 Å². The maximum Gasteiger partial charge on any atom is 0.306 e. The molecule has 2 atom stereocenters. The van der Waals surface area contributed by atoms with Crippen LogP contribution in [0.2, 0.25) is 0 Å². The monoisotopic (exact) mass is 550 g/mol. The third-order valence-electron chi connectivity index (χ3n) is 7.81. The lowest BCUT2D eigenvalue weighted by atomic mass is 9.98. The summed E-state index contributed by atoms with van der Waals surface area (Å²) in [6, 6.07) is 0. The van der Waals surface area contributed by atoms with E-state index in [0.717, 1.165) is 77.4 Å². The van der Waals surface area contributed by atoms with Crippen LogP contribution >= 0.6 is 0 Å². The standard InChI is InChI=1S/C33H62N2O4/c1-4-6-8-14-20-31(39-33(37)22-17-26-35-27-18-25-34-29-35)21-15-11-9-10-12-16-28-38-32(36)24-23-30(3)19-13-7-5-2/h29-31H,4-28H2,1-3H3. The van der Waals surface area contributed by atoms with Gasteiger partial charge in [0.25, 0.3) is 0 Å². The number of rotatable bonds is 26. The zero-order valence-corrected chi connectivity index (χ0v) is 25.9. The zero-order chi connectivity index (χ0) is 28.4. The number of unbranched alkanes of at least 4 members (excludes halogenated alkanes) is 10. The molecule has 1 rings (SSSR count). The fourth-order valence-electron chi connectivity index (χ4n) is 5.19. The molecular formula is C33H62N2O4. The van der Waals surface area contributed by atoms with Crippen LogP contribution < -0.4 is 0 Å². The highest BCUT2D eigenvalue weighted by molar-refractivity contribution is 5.69. The third-order valence-corrected chi connectivity index (χ3v) is 7.81. The Morgan fingerprint density at radius 1 is 0.769 bits per heavy atom. The number of carbonyl (C=O) groups excluding carboxylic acids is 2. The maximum atomic E-state index is 12.5. The molecule has 0 saturated carbocycles. The van der Waals surface area contributed by atoms with Crippen molar-refractivity contribution in [2.75, 3.05) is 26.2 Å². The van der Waals surface area contributed by atoms with E-state index in [-0.39, 0.29) is 18.0 Å². The van der Waals surface area contributed by atoms with E-state index in [1.54, 1.807) is 0 Å².